The summed E-state index contributed by atoms with van der Waals surface area (Å²) >= 11 is 0. The number of carboxylic acids is 1. The van der Waals surface area contributed by atoms with Gasteiger partial charge in [0.1, 0.15) is 0 Å². The number of nitrogen functional groups attached to an aromatic ring is 1. The van der Waals surface area contributed by atoms with Gasteiger partial charge in [0.15, 0.2) is 0 Å². The number of carbonyl (C=O) groups is 1. The van der Waals surface area contributed by atoms with E-state index in [2.05, 4.69) is 4.90 Å². The Balaban J connectivity index is 2.17. The zero-order valence-electron chi connectivity index (χ0n) is 10.2. The molecule has 3 N–H and O–H groups in total. The molecule has 0 bridgehead atoms. The van der Waals surface area contributed by atoms with Crippen molar-refractivity contribution in [1.82, 2.24) is 0 Å². The van der Waals surface area contributed by atoms with Gasteiger partial charge in [-0.05, 0) is 18.6 Å². The number of benzene rings is 1. The van der Waals surface area contributed by atoms with Crippen LogP contribution in [0.2, 0.25) is 0 Å². The van der Waals surface area contributed by atoms with Crippen LogP contribution in [0.15, 0.2) is 24.3 Å². The van der Waals surface area contributed by atoms with E-state index >= 15 is 0 Å². The maximum Gasteiger partial charge on any atom is 0.305 e. The quantitative estimate of drug-likeness (QED) is 0.771. The summed E-state index contributed by atoms with van der Waals surface area (Å²) in [4.78, 5) is 12.8. The molecule has 1 saturated heterocycles. The van der Waals surface area contributed by atoms with Gasteiger partial charge in [0.05, 0.1) is 30.4 Å². The summed E-state index contributed by atoms with van der Waals surface area (Å²) in [5, 5.41) is 8.83. The van der Waals surface area contributed by atoms with E-state index in [9.17, 15) is 4.79 Å². The minimum atomic E-state index is -0.798. The van der Waals surface area contributed by atoms with Gasteiger partial charge >= 0.3 is 5.97 Å². The van der Waals surface area contributed by atoms with E-state index in [1.807, 2.05) is 24.3 Å². The number of nitrogens with zero attached hydrogens (tertiary/aromatic N) is 1. The first-order valence-electron chi connectivity index (χ1n) is 6.09. The zero-order valence-corrected chi connectivity index (χ0v) is 10.2. The maximum absolute atomic E-state index is 10.7. The van der Waals surface area contributed by atoms with E-state index in [4.69, 9.17) is 15.6 Å². The van der Waals surface area contributed by atoms with Crippen LogP contribution in [0.4, 0.5) is 11.4 Å². The molecular formula is C13H18N2O3. The second-order valence-corrected chi connectivity index (χ2v) is 4.41. The lowest BCUT2D eigenvalue weighted by Gasteiger charge is -2.30. The fourth-order valence-electron chi connectivity index (χ4n) is 2.23. The van der Waals surface area contributed by atoms with Gasteiger partial charge < -0.3 is 20.5 Å². The first-order chi connectivity index (χ1) is 8.68. The molecule has 0 aromatic heterocycles. The molecule has 5 nitrogen and oxygen atoms in total. The average molecular weight is 250 g/mol. The molecule has 1 aliphatic heterocycles. The SMILES string of the molecule is Nc1ccccc1N(CCC(=O)O)C1CCOC1. The van der Waals surface area contributed by atoms with Gasteiger partial charge in [0, 0.05) is 13.2 Å². The monoisotopic (exact) mass is 250 g/mol. The van der Waals surface area contributed by atoms with Gasteiger partial charge in [-0.3, -0.25) is 4.79 Å². The van der Waals surface area contributed by atoms with Gasteiger partial charge in [-0.1, -0.05) is 12.1 Å². The molecular weight excluding hydrogens is 232 g/mol. The third-order valence-corrected chi connectivity index (χ3v) is 3.16. The highest BCUT2D eigenvalue weighted by molar-refractivity contribution is 5.71. The van der Waals surface area contributed by atoms with Crippen LogP contribution in [-0.4, -0.2) is 36.9 Å². The topological polar surface area (TPSA) is 75.8 Å². The summed E-state index contributed by atoms with van der Waals surface area (Å²) in [5.74, 6) is -0.798. The van der Waals surface area contributed by atoms with Crippen LogP contribution in [0, 0.1) is 0 Å². The molecule has 0 saturated carbocycles. The Morgan fingerprint density at radius 2 is 2.28 bits per heavy atom. The van der Waals surface area contributed by atoms with E-state index in [1.165, 1.54) is 0 Å². The largest absolute Gasteiger partial charge is 0.481 e. The molecule has 0 amide bonds. The molecule has 1 aromatic rings. The molecule has 1 heterocycles. The summed E-state index contributed by atoms with van der Waals surface area (Å²) in [6.45, 7) is 1.81. The molecule has 0 aliphatic carbocycles. The van der Waals surface area contributed by atoms with Crippen LogP contribution in [0.5, 0.6) is 0 Å². The Labute approximate surface area is 106 Å². The molecule has 0 spiro atoms. The van der Waals surface area contributed by atoms with Crippen LogP contribution >= 0.6 is 0 Å². The van der Waals surface area contributed by atoms with E-state index in [0.717, 1.165) is 18.7 Å². The van der Waals surface area contributed by atoms with Crippen molar-refractivity contribution in [2.75, 3.05) is 30.4 Å². The number of anilines is 2. The van der Waals surface area contributed by atoms with E-state index in [-0.39, 0.29) is 12.5 Å². The van der Waals surface area contributed by atoms with E-state index in [1.54, 1.807) is 0 Å². The summed E-state index contributed by atoms with van der Waals surface area (Å²) in [6.07, 6.45) is 1.01. The van der Waals surface area contributed by atoms with Crippen molar-refractivity contribution < 1.29 is 14.6 Å². The molecule has 1 unspecified atom stereocenters. The summed E-state index contributed by atoms with van der Waals surface area (Å²) in [6, 6.07) is 7.76. The lowest BCUT2D eigenvalue weighted by molar-refractivity contribution is -0.136. The highest BCUT2D eigenvalue weighted by atomic mass is 16.5. The van der Waals surface area contributed by atoms with Crippen LogP contribution in [-0.2, 0) is 9.53 Å². The predicted octanol–water partition coefficient (Wildman–Crippen LogP) is 1.34. The maximum atomic E-state index is 10.7. The van der Waals surface area contributed by atoms with E-state index in [0.29, 0.717) is 18.8 Å². The highest BCUT2D eigenvalue weighted by Gasteiger charge is 2.25. The van der Waals surface area contributed by atoms with Crippen molar-refractivity contribution in [2.45, 2.75) is 18.9 Å². The fourth-order valence-corrected chi connectivity index (χ4v) is 2.23. The Morgan fingerprint density at radius 1 is 1.50 bits per heavy atom. The third kappa shape index (κ3) is 2.92. The average Bonchev–Trinajstić information content (AvgIpc) is 2.85. The highest BCUT2D eigenvalue weighted by Crippen LogP contribution is 2.27. The molecule has 1 aromatic carbocycles. The Morgan fingerprint density at radius 3 is 2.89 bits per heavy atom. The van der Waals surface area contributed by atoms with Gasteiger partial charge in [-0.15, -0.1) is 0 Å². The minimum Gasteiger partial charge on any atom is -0.481 e. The van der Waals surface area contributed by atoms with Crippen molar-refractivity contribution in [3.05, 3.63) is 24.3 Å². The van der Waals surface area contributed by atoms with Gasteiger partial charge in [0.25, 0.3) is 0 Å². The second kappa shape index (κ2) is 5.73. The smallest absolute Gasteiger partial charge is 0.305 e. The molecule has 1 fully saturated rings. The van der Waals surface area contributed by atoms with Crippen molar-refractivity contribution in [2.24, 2.45) is 0 Å². The number of nitrogens with two attached hydrogens (primary N) is 1. The zero-order chi connectivity index (χ0) is 13.0. The predicted molar refractivity (Wildman–Crippen MR) is 69.7 cm³/mol. The van der Waals surface area contributed by atoms with Crippen molar-refractivity contribution in [3.8, 4) is 0 Å². The Bertz CT molecular complexity index is 416. The molecule has 0 radical (unpaired) electrons. The first-order valence-corrected chi connectivity index (χ1v) is 6.09. The van der Waals surface area contributed by atoms with Gasteiger partial charge in [-0.25, -0.2) is 0 Å². The fraction of sp³-hybridized carbons (Fsp3) is 0.462. The molecule has 98 valence electrons. The second-order valence-electron chi connectivity index (χ2n) is 4.41. The Hall–Kier alpha value is -1.75. The summed E-state index contributed by atoms with van der Waals surface area (Å²) < 4.78 is 5.38. The van der Waals surface area contributed by atoms with Gasteiger partial charge in [0.2, 0.25) is 0 Å². The van der Waals surface area contributed by atoms with E-state index < -0.39 is 5.97 Å². The number of hydrogen-bond donors (Lipinski definition) is 2. The molecule has 1 atom stereocenters. The Kier molecular flexibility index (Phi) is 4.04. The van der Waals surface area contributed by atoms with Crippen molar-refractivity contribution in [3.63, 3.8) is 0 Å². The number of aliphatic carboxylic acids is 1. The molecule has 5 heteroatoms. The third-order valence-electron chi connectivity index (χ3n) is 3.16. The molecule has 18 heavy (non-hydrogen) atoms. The number of para-hydroxylation sites is 2. The standard InChI is InChI=1S/C13H18N2O3/c14-11-3-1-2-4-12(11)15(7-5-13(16)17)10-6-8-18-9-10/h1-4,10H,5-9,14H2,(H,16,17). The number of ether oxygens (including phenoxy) is 1. The first kappa shape index (κ1) is 12.7. The number of rotatable bonds is 5. The number of carboxylic acid groups (broad SMARTS) is 1. The van der Waals surface area contributed by atoms with Crippen LogP contribution in [0.25, 0.3) is 0 Å². The number of hydrogen-bond acceptors (Lipinski definition) is 4. The van der Waals surface area contributed by atoms with Gasteiger partial charge in [-0.2, -0.15) is 0 Å². The lowest BCUT2D eigenvalue weighted by Crippen LogP contribution is -2.37. The normalized spacial score (nSPS) is 18.8. The summed E-state index contributed by atoms with van der Waals surface area (Å²) in [5.41, 5.74) is 7.54. The van der Waals surface area contributed by atoms with Crippen LogP contribution < -0.4 is 10.6 Å². The summed E-state index contributed by atoms with van der Waals surface area (Å²) in [7, 11) is 0. The minimum absolute atomic E-state index is 0.102. The molecule has 2 rings (SSSR count). The molecule has 1 aliphatic rings. The van der Waals surface area contributed by atoms with Crippen LogP contribution in [0.3, 0.4) is 0 Å². The van der Waals surface area contributed by atoms with Crippen molar-refractivity contribution in [1.29, 1.82) is 0 Å². The van der Waals surface area contributed by atoms with Crippen LogP contribution in [0.1, 0.15) is 12.8 Å². The van der Waals surface area contributed by atoms with Crippen molar-refractivity contribution >= 4 is 17.3 Å². The lowest BCUT2D eigenvalue weighted by atomic mass is 10.1.